The molecular formula is C24H21BrN2O5. The summed E-state index contributed by atoms with van der Waals surface area (Å²) in [6.45, 7) is 4.29. The monoisotopic (exact) mass is 496 g/mol. The number of ether oxygens (including phenoxy) is 1. The van der Waals surface area contributed by atoms with Gasteiger partial charge in [-0.3, -0.25) is 14.5 Å². The van der Waals surface area contributed by atoms with Crippen LogP contribution in [-0.4, -0.2) is 28.6 Å². The molecule has 1 fully saturated rings. The van der Waals surface area contributed by atoms with E-state index >= 15 is 0 Å². The summed E-state index contributed by atoms with van der Waals surface area (Å²) in [6.07, 6.45) is 0.875. The second-order valence-electron chi connectivity index (χ2n) is 7.39. The van der Waals surface area contributed by atoms with Crippen molar-refractivity contribution in [3.63, 3.8) is 0 Å². The Kier molecular flexibility index (Phi) is 6.14. The fourth-order valence-corrected chi connectivity index (χ4v) is 3.84. The Bertz CT molecular complexity index is 1180. The van der Waals surface area contributed by atoms with E-state index in [-0.39, 0.29) is 17.2 Å². The highest BCUT2D eigenvalue weighted by Crippen LogP contribution is 2.42. The number of aromatic nitrogens is 1. The highest BCUT2D eigenvalue weighted by molar-refractivity contribution is 9.10. The van der Waals surface area contributed by atoms with Crippen LogP contribution in [0.4, 0.5) is 5.82 Å². The topological polar surface area (TPSA) is 92.9 Å². The first-order valence-corrected chi connectivity index (χ1v) is 10.9. The molecule has 2 heterocycles. The molecule has 7 nitrogen and oxygen atoms in total. The molecule has 8 heteroatoms. The van der Waals surface area contributed by atoms with Gasteiger partial charge in [0, 0.05) is 16.1 Å². The lowest BCUT2D eigenvalue weighted by atomic mass is 9.95. The van der Waals surface area contributed by atoms with Crippen LogP contribution in [0, 0.1) is 6.92 Å². The number of aliphatic hydroxyl groups is 1. The van der Waals surface area contributed by atoms with Crippen molar-refractivity contribution >= 4 is 39.2 Å². The molecule has 1 amide bonds. The van der Waals surface area contributed by atoms with Crippen molar-refractivity contribution in [2.24, 2.45) is 0 Å². The Morgan fingerprint density at radius 3 is 2.44 bits per heavy atom. The van der Waals surface area contributed by atoms with Crippen LogP contribution in [0.25, 0.3) is 5.76 Å². The molecule has 1 atom stereocenters. The molecule has 0 aliphatic carbocycles. The van der Waals surface area contributed by atoms with Crippen molar-refractivity contribution in [3.8, 4) is 5.75 Å². The number of aliphatic hydroxyl groups excluding tert-OH is 1. The lowest BCUT2D eigenvalue weighted by Crippen LogP contribution is -2.29. The summed E-state index contributed by atoms with van der Waals surface area (Å²) >= 11 is 3.40. The van der Waals surface area contributed by atoms with Crippen LogP contribution in [-0.2, 0) is 9.59 Å². The molecule has 1 saturated heterocycles. The highest BCUT2D eigenvalue weighted by atomic mass is 79.9. The molecule has 1 aliphatic heterocycles. The molecule has 2 aromatic carbocycles. The molecular weight excluding hydrogens is 476 g/mol. The van der Waals surface area contributed by atoms with E-state index in [0.717, 1.165) is 10.9 Å². The number of carbonyl (C=O) groups excluding carboxylic acids is 2. The maximum absolute atomic E-state index is 13.1. The largest absolute Gasteiger partial charge is 0.507 e. The predicted octanol–water partition coefficient (Wildman–Crippen LogP) is 5.16. The molecule has 0 radical (unpaired) electrons. The third-order valence-corrected chi connectivity index (χ3v) is 5.62. The molecule has 0 bridgehead atoms. The van der Waals surface area contributed by atoms with Crippen LogP contribution in [0.15, 0.2) is 69.2 Å². The number of halogens is 1. The number of carbonyl (C=O) groups is 2. The van der Waals surface area contributed by atoms with Gasteiger partial charge in [0.15, 0.2) is 5.82 Å². The van der Waals surface area contributed by atoms with E-state index in [1.54, 1.807) is 49.4 Å². The van der Waals surface area contributed by atoms with Gasteiger partial charge < -0.3 is 14.4 Å². The Hall–Kier alpha value is -3.39. The molecule has 32 heavy (non-hydrogen) atoms. The second kappa shape index (κ2) is 9.00. The minimum atomic E-state index is -0.858. The minimum absolute atomic E-state index is 0.0137. The van der Waals surface area contributed by atoms with Gasteiger partial charge in [-0.1, -0.05) is 40.1 Å². The first-order valence-electron chi connectivity index (χ1n) is 10.1. The van der Waals surface area contributed by atoms with Crippen LogP contribution < -0.4 is 9.64 Å². The molecule has 1 aromatic heterocycles. The SMILES string of the molecule is CCCOc1ccc(/C(O)=C2\C(=O)C(=O)N(c3cc(C)on3)C2c2ccc(Br)cc2)cc1. The Morgan fingerprint density at radius 2 is 1.84 bits per heavy atom. The number of ketones is 1. The van der Waals surface area contributed by atoms with Crippen LogP contribution >= 0.6 is 15.9 Å². The number of aryl methyl sites for hydroxylation is 1. The summed E-state index contributed by atoms with van der Waals surface area (Å²) in [4.78, 5) is 27.3. The number of benzene rings is 2. The van der Waals surface area contributed by atoms with Crippen LogP contribution in [0.1, 0.15) is 36.3 Å². The van der Waals surface area contributed by atoms with Gasteiger partial charge >= 0.3 is 5.91 Å². The smallest absolute Gasteiger partial charge is 0.301 e. The first kappa shape index (κ1) is 21.8. The maximum atomic E-state index is 13.1. The molecule has 164 valence electrons. The summed E-state index contributed by atoms with van der Waals surface area (Å²) < 4.78 is 11.6. The number of rotatable bonds is 6. The first-order chi connectivity index (χ1) is 15.4. The van der Waals surface area contributed by atoms with Crippen molar-refractivity contribution < 1.29 is 24.0 Å². The van der Waals surface area contributed by atoms with Gasteiger partial charge in [0.05, 0.1) is 18.2 Å². The fourth-order valence-electron chi connectivity index (χ4n) is 3.58. The molecule has 1 unspecified atom stereocenters. The zero-order valence-corrected chi connectivity index (χ0v) is 19.1. The molecule has 4 rings (SSSR count). The summed E-state index contributed by atoms with van der Waals surface area (Å²) in [5.74, 6) is -0.468. The van der Waals surface area contributed by atoms with E-state index in [0.29, 0.717) is 29.2 Å². The molecule has 1 N–H and O–H groups in total. The minimum Gasteiger partial charge on any atom is -0.507 e. The zero-order chi connectivity index (χ0) is 22.8. The van der Waals surface area contributed by atoms with Gasteiger partial charge in [0.25, 0.3) is 5.78 Å². The molecule has 1 aliphatic rings. The normalized spacial score (nSPS) is 17.7. The zero-order valence-electron chi connectivity index (χ0n) is 17.5. The molecule has 0 saturated carbocycles. The van der Waals surface area contributed by atoms with Crippen LogP contribution in [0.2, 0.25) is 0 Å². The quantitative estimate of drug-likeness (QED) is 0.287. The molecule has 3 aromatic rings. The fraction of sp³-hybridized carbons (Fsp3) is 0.208. The Morgan fingerprint density at radius 1 is 1.16 bits per heavy atom. The van der Waals surface area contributed by atoms with E-state index in [2.05, 4.69) is 21.1 Å². The van der Waals surface area contributed by atoms with E-state index in [9.17, 15) is 14.7 Å². The second-order valence-corrected chi connectivity index (χ2v) is 8.30. The van der Waals surface area contributed by atoms with Gasteiger partial charge in [-0.15, -0.1) is 0 Å². The van der Waals surface area contributed by atoms with E-state index in [1.165, 1.54) is 4.90 Å². The van der Waals surface area contributed by atoms with E-state index in [4.69, 9.17) is 9.26 Å². The Balaban J connectivity index is 1.83. The predicted molar refractivity (Wildman–Crippen MR) is 122 cm³/mol. The van der Waals surface area contributed by atoms with Crippen molar-refractivity contribution in [1.29, 1.82) is 0 Å². The average molecular weight is 497 g/mol. The lowest BCUT2D eigenvalue weighted by Gasteiger charge is -2.23. The lowest BCUT2D eigenvalue weighted by molar-refractivity contribution is -0.132. The van der Waals surface area contributed by atoms with Crippen LogP contribution in [0.5, 0.6) is 5.75 Å². The van der Waals surface area contributed by atoms with Crippen molar-refractivity contribution in [2.75, 3.05) is 11.5 Å². The van der Waals surface area contributed by atoms with E-state index < -0.39 is 17.7 Å². The van der Waals surface area contributed by atoms with Crippen molar-refractivity contribution in [2.45, 2.75) is 26.3 Å². The average Bonchev–Trinajstić information content (AvgIpc) is 3.33. The van der Waals surface area contributed by atoms with Crippen LogP contribution in [0.3, 0.4) is 0 Å². The van der Waals surface area contributed by atoms with Crippen molar-refractivity contribution in [1.82, 2.24) is 5.16 Å². The molecule has 0 spiro atoms. The summed E-state index contributed by atoms with van der Waals surface area (Å²) in [5.41, 5.74) is 1.04. The summed E-state index contributed by atoms with van der Waals surface area (Å²) in [6, 6.07) is 14.7. The van der Waals surface area contributed by atoms with Gasteiger partial charge in [0.2, 0.25) is 0 Å². The number of hydrogen-bond acceptors (Lipinski definition) is 6. The standard InChI is InChI=1S/C24H21BrN2O5/c1-3-12-31-18-10-6-16(7-11-18)22(28)20-21(15-4-8-17(25)9-5-15)27(24(30)23(20)29)19-13-14(2)32-26-19/h4-11,13,21,28H,3,12H2,1-2H3/b22-20+. The number of hydrogen-bond donors (Lipinski definition) is 1. The number of anilines is 1. The van der Waals surface area contributed by atoms with Gasteiger partial charge in [0.1, 0.15) is 17.3 Å². The van der Waals surface area contributed by atoms with Gasteiger partial charge in [-0.05, 0) is 55.3 Å². The summed E-state index contributed by atoms with van der Waals surface area (Å²) in [7, 11) is 0. The van der Waals surface area contributed by atoms with Gasteiger partial charge in [-0.25, -0.2) is 0 Å². The Labute approximate surface area is 193 Å². The maximum Gasteiger partial charge on any atom is 0.301 e. The highest BCUT2D eigenvalue weighted by Gasteiger charge is 2.48. The summed E-state index contributed by atoms with van der Waals surface area (Å²) in [5, 5.41) is 15.0. The number of Topliss-reactive ketones (excluding diaryl/α,β-unsaturated/α-hetero) is 1. The third kappa shape index (κ3) is 4.05. The third-order valence-electron chi connectivity index (χ3n) is 5.09. The van der Waals surface area contributed by atoms with Gasteiger partial charge in [-0.2, -0.15) is 0 Å². The number of nitrogens with zero attached hydrogens (tertiary/aromatic N) is 2. The number of amides is 1. The van der Waals surface area contributed by atoms with Crippen molar-refractivity contribution in [3.05, 3.63) is 81.5 Å². The van der Waals surface area contributed by atoms with E-state index in [1.807, 2.05) is 19.1 Å².